The van der Waals surface area contributed by atoms with Crippen molar-refractivity contribution in [2.45, 2.75) is 18.9 Å². The van der Waals surface area contributed by atoms with Crippen LogP contribution in [-0.4, -0.2) is 40.9 Å². The van der Waals surface area contributed by atoms with Gasteiger partial charge in [-0.2, -0.15) is 5.10 Å². The number of hydrogen-bond donors (Lipinski definition) is 2. The Morgan fingerprint density at radius 3 is 2.62 bits per heavy atom. The van der Waals surface area contributed by atoms with Crippen LogP contribution < -0.4 is 10.6 Å². The van der Waals surface area contributed by atoms with Crippen molar-refractivity contribution in [3.05, 3.63) is 99.5 Å². The number of para-hydroxylation sites is 1. The molecule has 1 unspecified atom stereocenters. The number of thiophene rings is 1. The highest BCUT2D eigenvalue weighted by Crippen LogP contribution is 2.27. The molecule has 3 heterocycles. The van der Waals surface area contributed by atoms with Crippen LogP contribution in [0.15, 0.2) is 84.0 Å². The molecule has 5 rings (SSSR count). The van der Waals surface area contributed by atoms with Gasteiger partial charge in [-0.1, -0.05) is 48.0 Å². The lowest BCUT2D eigenvalue weighted by Gasteiger charge is -2.13. The molecule has 0 bridgehead atoms. The van der Waals surface area contributed by atoms with Gasteiger partial charge < -0.3 is 15.4 Å². The molecule has 0 spiro atoms. The van der Waals surface area contributed by atoms with Crippen LogP contribution in [-0.2, 0) is 9.53 Å². The maximum Gasteiger partial charge on any atom is 0.267 e. The Kier molecular flexibility index (Phi) is 7.79. The van der Waals surface area contributed by atoms with Gasteiger partial charge in [0.25, 0.3) is 11.8 Å². The molecule has 1 saturated heterocycles. The van der Waals surface area contributed by atoms with Gasteiger partial charge in [0.2, 0.25) is 0 Å². The Hall–Kier alpha value is -3.72. The number of amides is 2. The Balaban J connectivity index is 1.53. The molecule has 2 aromatic carbocycles. The number of rotatable bonds is 8. The quantitative estimate of drug-likeness (QED) is 0.301. The van der Waals surface area contributed by atoms with Gasteiger partial charge in [0.15, 0.2) is 0 Å². The summed E-state index contributed by atoms with van der Waals surface area (Å²) in [4.78, 5) is 26.7. The van der Waals surface area contributed by atoms with E-state index < -0.39 is 5.91 Å². The second kappa shape index (κ2) is 11.6. The third-order valence-corrected chi connectivity index (χ3v) is 7.05. The second-order valence-corrected chi connectivity index (χ2v) is 9.94. The lowest BCUT2D eigenvalue weighted by Crippen LogP contribution is -2.38. The fourth-order valence-electron chi connectivity index (χ4n) is 4.05. The first-order valence-electron chi connectivity index (χ1n) is 11.9. The zero-order chi connectivity index (χ0) is 25.6. The van der Waals surface area contributed by atoms with Gasteiger partial charge in [-0.05, 0) is 54.6 Å². The van der Waals surface area contributed by atoms with Crippen molar-refractivity contribution < 1.29 is 14.3 Å². The first kappa shape index (κ1) is 25.0. The van der Waals surface area contributed by atoms with Crippen LogP contribution in [0.3, 0.4) is 0 Å². The van der Waals surface area contributed by atoms with Gasteiger partial charge in [-0.15, -0.1) is 11.3 Å². The molecular formula is C28H25ClN4O3S. The second-order valence-electron chi connectivity index (χ2n) is 8.55. The topological polar surface area (TPSA) is 85.2 Å². The molecular weight excluding hydrogens is 508 g/mol. The van der Waals surface area contributed by atoms with E-state index in [-0.39, 0.29) is 17.7 Å². The molecule has 37 heavy (non-hydrogen) atoms. The van der Waals surface area contributed by atoms with E-state index in [0.29, 0.717) is 34.3 Å². The van der Waals surface area contributed by atoms with E-state index in [0.717, 1.165) is 24.1 Å². The number of ether oxygens (including phenoxy) is 1. The average molecular weight is 533 g/mol. The third-order valence-electron chi connectivity index (χ3n) is 5.93. The number of hydrogen-bond acceptors (Lipinski definition) is 5. The van der Waals surface area contributed by atoms with E-state index in [1.54, 1.807) is 35.0 Å². The maximum atomic E-state index is 13.3. The van der Waals surface area contributed by atoms with E-state index in [2.05, 4.69) is 10.6 Å². The summed E-state index contributed by atoms with van der Waals surface area (Å²) >= 11 is 7.42. The fraction of sp³-hybridized carbons (Fsp3) is 0.179. The van der Waals surface area contributed by atoms with Crippen molar-refractivity contribution >= 4 is 40.8 Å². The van der Waals surface area contributed by atoms with E-state index in [9.17, 15) is 9.59 Å². The molecule has 0 radical (unpaired) electrons. The molecule has 1 aliphatic heterocycles. The summed E-state index contributed by atoms with van der Waals surface area (Å²) in [5, 5.41) is 12.9. The minimum absolute atomic E-state index is 0.0244. The molecule has 0 aliphatic carbocycles. The molecule has 1 fully saturated rings. The van der Waals surface area contributed by atoms with E-state index in [1.807, 2.05) is 54.0 Å². The van der Waals surface area contributed by atoms with Crippen LogP contribution in [0.2, 0.25) is 5.02 Å². The van der Waals surface area contributed by atoms with Crippen LogP contribution in [0.1, 0.15) is 28.1 Å². The van der Waals surface area contributed by atoms with Crippen LogP contribution >= 0.6 is 22.9 Å². The van der Waals surface area contributed by atoms with Gasteiger partial charge in [-0.3, -0.25) is 9.59 Å². The van der Waals surface area contributed by atoms with Crippen molar-refractivity contribution in [3.63, 3.8) is 0 Å². The van der Waals surface area contributed by atoms with Crippen LogP contribution in [0.5, 0.6) is 0 Å². The minimum Gasteiger partial charge on any atom is -0.376 e. The Morgan fingerprint density at radius 2 is 1.92 bits per heavy atom. The summed E-state index contributed by atoms with van der Waals surface area (Å²) in [5.41, 5.74) is 3.13. The SMILES string of the molecule is O=C(NCC1CCCO1)C(=Cc1cn(-c2ccccc2)nc1-c1ccc(Cl)cc1)NC(=O)c1cccs1. The maximum absolute atomic E-state index is 13.3. The van der Waals surface area contributed by atoms with E-state index >= 15 is 0 Å². The zero-order valence-corrected chi connectivity index (χ0v) is 21.5. The number of nitrogens with zero attached hydrogens (tertiary/aromatic N) is 2. The number of aromatic nitrogens is 2. The lowest BCUT2D eigenvalue weighted by atomic mass is 10.1. The number of benzene rings is 2. The predicted octanol–water partition coefficient (Wildman–Crippen LogP) is 5.32. The summed E-state index contributed by atoms with van der Waals surface area (Å²) in [6, 6.07) is 20.5. The molecule has 2 N–H and O–H groups in total. The molecule has 9 heteroatoms. The fourth-order valence-corrected chi connectivity index (χ4v) is 4.80. The number of nitrogens with one attached hydrogen (secondary N) is 2. The third kappa shape index (κ3) is 6.17. The van der Waals surface area contributed by atoms with Crippen molar-refractivity contribution in [2.24, 2.45) is 0 Å². The monoisotopic (exact) mass is 532 g/mol. The van der Waals surface area contributed by atoms with Gasteiger partial charge in [0.05, 0.1) is 16.7 Å². The van der Waals surface area contributed by atoms with Gasteiger partial charge in [0.1, 0.15) is 11.4 Å². The summed E-state index contributed by atoms with van der Waals surface area (Å²) in [5.74, 6) is -0.744. The minimum atomic E-state index is -0.394. The van der Waals surface area contributed by atoms with Crippen LogP contribution in [0.4, 0.5) is 0 Å². The molecule has 7 nitrogen and oxygen atoms in total. The normalized spacial score (nSPS) is 15.5. The van der Waals surface area contributed by atoms with Crippen LogP contribution in [0.25, 0.3) is 23.0 Å². The first-order valence-corrected chi connectivity index (χ1v) is 13.2. The van der Waals surface area contributed by atoms with Crippen molar-refractivity contribution in [3.8, 4) is 16.9 Å². The predicted molar refractivity (Wildman–Crippen MR) is 146 cm³/mol. The largest absolute Gasteiger partial charge is 0.376 e. The zero-order valence-electron chi connectivity index (χ0n) is 19.9. The standard InChI is InChI=1S/C28H25ClN4O3S/c29-21-12-10-19(11-13-21)26-20(18-33(32-26)22-6-2-1-3-7-22)16-24(31-28(35)25-9-5-15-37-25)27(34)30-17-23-8-4-14-36-23/h1-3,5-7,9-13,15-16,18,23H,4,8,14,17H2,(H,30,34)(H,31,35). The van der Waals surface area contributed by atoms with Gasteiger partial charge in [0, 0.05) is 35.5 Å². The summed E-state index contributed by atoms with van der Waals surface area (Å²) < 4.78 is 7.39. The lowest BCUT2D eigenvalue weighted by molar-refractivity contribution is -0.118. The highest BCUT2D eigenvalue weighted by Gasteiger charge is 2.21. The summed E-state index contributed by atoms with van der Waals surface area (Å²) in [7, 11) is 0. The highest BCUT2D eigenvalue weighted by atomic mass is 35.5. The first-order chi connectivity index (χ1) is 18.1. The molecule has 2 amide bonds. The molecule has 188 valence electrons. The number of halogens is 1. The van der Waals surface area contributed by atoms with Gasteiger partial charge >= 0.3 is 0 Å². The Bertz CT molecular complexity index is 1390. The van der Waals surface area contributed by atoms with E-state index in [1.165, 1.54) is 11.3 Å². The summed E-state index contributed by atoms with van der Waals surface area (Å²) in [6.45, 7) is 1.07. The van der Waals surface area contributed by atoms with Gasteiger partial charge in [-0.25, -0.2) is 4.68 Å². The van der Waals surface area contributed by atoms with Crippen molar-refractivity contribution in [1.82, 2.24) is 20.4 Å². The molecule has 1 atom stereocenters. The Morgan fingerprint density at radius 1 is 1.11 bits per heavy atom. The molecule has 0 saturated carbocycles. The van der Waals surface area contributed by atoms with Crippen molar-refractivity contribution in [2.75, 3.05) is 13.2 Å². The van der Waals surface area contributed by atoms with E-state index in [4.69, 9.17) is 21.4 Å². The molecule has 4 aromatic rings. The number of carbonyl (C=O) groups excluding carboxylic acids is 2. The highest BCUT2D eigenvalue weighted by molar-refractivity contribution is 7.12. The molecule has 1 aliphatic rings. The summed E-state index contributed by atoms with van der Waals surface area (Å²) in [6.07, 6.45) is 5.34. The Labute approximate surface area is 223 Å². The number of carbonyl (C=O) groups is 2. The van der Waals surface area contributed by atoms with Crippen molar-refractivity contribution in [1.29, 1.82) is 0 Å². The van der Waals surface area contributed by atoms with Crippen LogP contribution in [0, 0.1) is 0 Å². The smallest absolute Gasteiger partial charge is 0.267 e. The average Bonchev–Trinajstić information content (AvgIpc) is 3.70. The molecule has 2 aromatic heterocycles.